The third-order valence-electron chi connectivity index (χ3n) is 9.42. The third-order valence-corrected chi connectivity index (χ3v) is 9.42. The van der Waals surface area contributed by atoms with Gasteiger partial charge in [0.1, 0.15) is 35.6 Å². The van der Waals surface area contributed by atoms with E-state index in [0.717, 1.165) is 45.2 Å². The summed E-state index contributed by atoms with van der Waals surface area (Å²) in [6.07, 6.45) is 14.8. The highest BCUT2D eigenvalue weighted by atomic mass is 19.1. The fraction of sp³-hybridized carbons (Fsp3) is 0.455. The average Bonchev–Trinajstić information content (AvgIpc) is 3.56. The van der Waals surface area contributed by atoms with Crippen molar-refractivity contribution in [2.24, 2.45) is 0 Å². The van der Waals surface area contributed by atoms with E-state index < -0.39 is 23.3 Å². The van der Waals surface area contributed by atoms with Gasteiger partial charge in [-0.25, -0.2) is 13.2 Å². The van der Waals surface area contributed by atoms with Crippen LogP contribution in [0.25, 0.3) is 32.9 Å². The first-order valence-electron chi connectivity index (χ1n) is 15.2. The second-order valence-electron chi connectivity index (χ2n) is 12.3. The molecular formula is C33H34F3N7O. The minimum Gasteiger partial charge on any atom is -0.461 e. The number of nitrogens with one attached hydrogen (secondary N) is 1. The maximum absolute atomic E-state index is 16.6. The van der Waals surface area contributed by atoms with Gasteiger partial charge in [-0.3, -0.25) is 14.9 Å². The molecule has 0 unspecified atom stereocenters. The molecule has 0 spiro atoms. The van der Waals surface area contributed by atoms with E-state index in [-0.39, 0.29) is 41.0 Å². The average molecular weight is 602 g/mol. The van der Waals surface area contributed by atoms with Crippen LogP contribution in [0, 0.1) is 24.0 Å². The first-order chi connectivity index (χ1) is 21.4. The summed E-state index contributed by atoms with van der Waals surface area (Å²) >= 11 is 0. The van der Waals surface area contributed by atoms with E-state index in [4.69, 9.17) is 16.1 Å². The molecule has 3 fully saturated rings. The number of likely N-dealkylation sites (N-methyl/N-ethyl adjacent to an activating group) is 1. The number of ether oxygens (including phenoxy) is 1. The molecule has 0 amide bonds. The summed E-state index contributed by atoms with van der Waals surface area (Å²) in [5, 5.41) is 4.87. The van der Waals surface area contributed by atoms with Crippen molar-refractivity contribution in [3.8, 4) is 29.6 Å². The Balaban J connectivity index is 1.33. The maximum atomic E-state index is 16.6. The fourth-order valence-electron chi connectivity index (χ4n) is 7.28. The molecule has 1 aromatic carbocycles. The van der Waals surface area contributed by atoms with Gasteiger partial charge in [0.25, 0.3) is 0 Å². The summed E-state index contributed by atoms with van der Waals surface area (Å²) in [4.78, 5) is 22.2. The van der Waals surface area contributed by atoms with Crippen molar-refractivity contribution in [3.63, 3.8) is 0 Å². The number of rotatable bonds is 7. The lowest BCUT2D eigenvalue weighted by atomic mass is 9.95. The van der Waals surface area contributed by atoms with Crippen LogP contribution in [0.4, 0.5) is 19.0 Å². The van der Waals surface area contributed by atoms with Crippen LogP contribution in [0.2, 0.25) is 0 Å². The molecule has 44 heavy (non-hydrogen) atoms. The Kier molecular flexibility index (Phi) is 7.50. The van der Waals surface area contributed by atoms with Crippen molar-refractivity contribution in [1.82, 2.24) is 30.2 Å². The molecule has 0 radical (unpaired) electrons. The van der Waals surface area contributed by atoms with Crippen molar-refractivity contribution < 1.29 is 17.9 Å². The Morgan fingerprint density at radius 2 is 2.07 bits per heavy atom. The van der Waals surface area contributed by atoms with Gasteiger partial charge >= 0.3 is 6.01 Å². The molecule has 3 aliphatic heterocycles. The van der Waals surface area contributed by atoms with E-state index in [1.807, 2.05) is 11.9 Å². The van der Waals surface area contributed by atoms with E-state index in [2.05, 4.69) is 31.1 Å². The number of piperidine rings is 1. The molecule has 3 atom stereocenters. The quantitative estimate of drug-likeness (QED) is 0.296. The van der Waals surface area contributed by atoms with E-state index in [9.17, 15) is 8.78 Å². The fourth-order valence-corrected chi connectivity index (χ4v) is 7.28. The number of alkyl halides is 1. The number of pyridine rings is 2. The normalized spacial score (nSPS) is 23.6. The lowest BCUT2D eigenvalue weighted by molar-refractivity contribution is 0.107. The monoisotopic (exact) mass is 601 g/mol. The van der Waals surface area contributed by atoms with E-state index >= 15 is 4.39 Å². The Morgan fingerprint density at radius 1 is 1.18 bits per heavy atom. The van der Waals surface area contributed by atoms with Crippen LogP contribution >= 0.6 is 0 Å². The maximum Gasteiger partial charge on any atom is 0.319 e. The molecule has 3 aliphatic rings. The minimum atomic E-state index is -0.903. The number of aromatic nitrogens is 4. The molecule has 4 aromatic rings. The van der Waals surface area contributed by atoms with Crippen LogP contribution in [-0.4, -0.2) is 82.4 Å². The zero-order valence-electron chi connectivity index (χ0n) is 24.6. The summed E-state index contributed by atoms with van der Waals surface area (Å²) in [5.41, 5.74) is -0.179. The molecule has 0 aliphatic carbocycles. The van der Waals surface area contributed by atoms with Gasteiger partial charge in [0, 0.05) is 67.5 Å². The lowest BCUT2D eigenvalue weighted by Gasteiger charge is -2.31. The molecule has 0 bridgehead atoms. The highest BCUT2D eigenvalue weighted by Gasteiger charge is 2.49. The van der Waals surface area contributed by atoms with E-state index in [0.29, 0.717) is 41.5 Å². The smallest absolute Gasteiger partial charge is 0.319 e. The van der Waals surface area contributed by atoms with Gasteiger partial charge in [-0.15, -0.1) is 6.42 Å². The van der Waals surface area contributed by atoms with Crippen LogP contribution in [-0.2, 0) is 0 Å². The highest BCUT2D eigenvalue weighted by molar-refractivity contribution is 6.01. The number of halogens is 3. The van der Waals surface area contributed by atoms with Crippen molar-refractivity contribution in [1.29, 1.82) is 0 Å². The largest absolute Gasteiger partial charge is 0.461 e. The number of benzene rings is 1. The van der Waals surface area contributed by atoms with E-state index in [1.165, 1.54) is 18.5 Å². The van der Waals surface area contributed by atoms with Crippen molar-refractivity contribution in [2.75, 3.05) is 44.7 Å². The SMILES string of the molecule is C#Cc1c(F)ccc2cncc(-c3ncc4c(N(C)C[C@H]5CCCCN5)nc(OC[C@@]56CCCN5C[C@H](F)C6)nc4c3F)c12. The molecule has 6 heterocycles. The predicted octanol–water partition coefficient (Wildman–Crippen LogP) is 5.03. The van der Waals surface area contributed by atoms with Gasteiger partial charge in [0.05, 0.1) is 16.5 Å². The van der Waals surface area contributed by atoms with Crippen LogP contribution in [0.15, 0.2) is 30.7 Å². The lowest BCUT2D eigenvalue weighted by Crippen LogP contribution is -2.44. The summed E-state index contributed by atoms with van der Waals surface area (Å²) in [7, 11) is 1.91. The molecular weight excluding hydrogens is 567 g/mol. The first kappa shape index (κ1) is 28.7. The van der Waals surface area contributed by atoms with Crippen LogP contribution in [0.1, 0.15) is 44.1 Å². The van der Waals surface area contributed by atoms with Crippen LogP contribution < -0.4 is 15.0 Å². The number of terminal acetylenes is 1. The number of hydrogen-bond donors (Lipinski definition) is 1. The molecule has 0 saturated carbocycles. The Hall–Kier alpha value is -4.01. The van der Waals surface area contributed by atoms with Crippen molar-refractivity contribution >= 4 is 27.5 Å². The van der Waals surface area contributed by atoms with Gasteiger partial charge in [0.2, 0.25) is 0 Å². The summed E-state index contributed by atoms with van der Waals surface area (Å²) in [6.45, 7) is 3.03. The standard InChI is InChI=1S/C33H34F3N7O/c1-3-23-26(35)9-8-20-14-37-15-24(27(20)23)29-28(36)30-25(16-39-29)31(42(2)18-22-7-4-5-11-38-22)41-32(40-30)44-19-33-10-6-12-43(33)17-21(34)13-33/h1,8-9,14-16,21-22,38H,4-7,10-13,17-19H2,2H3/t21-,22-,33+/m1/s1. The van der Waals surface area contributed by atoms with Gasteiger partial charge in [-0.1, -0.05) is 12.3 Å². The van der Waals surface area contributed by atoms with E-state index in [1.54, 1.807) is 12.3 Å². The zero-order chi connectivity index (χ0) is 30.4. The van der Waals surface area contributed by atoms with Gasteiger partial charge in [-0.2, -0.15) is 9.97 Å². The first-order valence-corrected chi connectivity index (χ1v) is 15.2. The predicted molar refractivity (Wildman–Crippen MR) is 163 cm³/mol. The van der Waals surface area contributed by atoms with Gasteiger partial charge in [-0.05, 0) is 50.9 Å². The molecule has 1 N–H and O–H groups in total. The van der Waals surface area contributed by atoms with Crippen LogP contribution in [0.5, 0.6) is 6.01 Å². The van der Waals surface area contributed by atoms with Crippen molar-refractivity contribution in [3.05, 3.63) is 47.9 Å². The Labute approximate surface area is 254 Å². The number of nitrogens with zero attached hydrogens (tertiary/aromatic N) is 6. The third kappa shape index (κ3) is 5.00. The summed E-state index contributed by atoms with van der Waals surface area (Å²) in [5.74, 6) is 1.58. The molecule has 11 heteroatoms. The van der Waals surface area contributed by atoms with Gasteiger partial charge < -0.3 is 15.0 Å². The second-order valence-corrected chi connectivity index (χ2v) is 12.3. The number of hydrogen-bond acceptors (Lipinski definition) is 8. The number of anilines is 1. The minimum absolute atomic E-state index is 0.0106. The Bertz CT molecular complexity index is 1770. The second kappa shape index (κ2) is 11.5. The zero-order valence-corrected chi connectivity index (χ0v) is 24.6. The number of fused-ring (bicyclic) bond motifs is 3. The van der Waals surface area contributed by atoms with Gasteiger partial charge in [0.15, 0.2) is 5.82 Å². The summed E-state index contributed by atoms with van der Waals surface area (Å²) in [6, 6.07) is 3.10. The Morgan fingerprint density at radius 3 is 2.89 bits per heavy atom. The molecule has 228 valence electrons. The van der Waals surface area contributed by atoms with Crippen LogP contribution in [0.3, 0.4) is 0 Å². The topological polar surface area (TPSA) is 79.3 Å². The molecule has 3 saturated heterocycles. The van der Waals surface area contributed by atoms with Crippen molar-refractivity contribution in [2.45, 2.75) is 56.3 Å². The summed E-state index contributed by atoms with van der Waals surface area (Å²) < 4.78 is 52.0. The molecule has 3 aromatic heterocycles. The molecule has 7 rings (SSSR count). The molecule has 8 nitrogen and oxygen atoms in total. The highest BCUT2D eigenvalue weighted by Crippen LogP contribution is 2.41.